The minimum Gasteiger partial charge on any atom is -0.493 e. The van der Waals surface area contributed by atoms with Crippen LogP contribution in [0.5, 0.6) is 11.5 Å². The number of amides is 2. The summed E-state index contributed by atoms with van der Waals surface area (Å²) < 4.78 is 66.5. The van der Waals surface area contributed by atoms with Gasteiger partial charge in [0.2, 0.25) is 11.8 Å². The van der Waals surface area contributed by atoms with Gasteiger partial charge in [0.05, 0.1) is 37.5 Å². The van der Waals surface area contributed by atoms with E-state index < -0.39 is 47.6 Å². The van der Waals surface area contributed by atoms with Crippen LogP contribution in [0.1, 0.15) is 73.5 Å². The predicted octanol–water partition coefficient (Wildman–Crippen LogP) is 6.14. The van der Waals surface area contributed by atoms with Crippen molar-refractivity contribution < 1.29 is 46.8 Å². The van der Waals surface area contributed by atoms with Crippen molar-refractivity contribution in [2.75, 3.05) is 26.3 Å². The molecule has 4 aromatic rings. The van der Waals surface area contributed by atoms with Crippen molar-refractivity contribution in [3.8, 4) is 11.5 Å². The molecule has 318 valence electrons. The number of fused-ring (bicyclic) bond motifs is 2. The number of hydrogen-bond donors (Lipinski definition) is 6. The van der Waals surface area contributed by atoms with Gasteiger partial charge in [-0.25, -0.2) is 17.6 Å². The quantitative estimate of drug-likeness (QED) is 0.0618. The average molecular weight is 935 g/mol. The molecule has 6 N–H and O–H groups in total. The third-order valence-corrected chi connectivity index (χ3v) is 10.8. The topological polar surface area (TPSA) is 141 Å². The highest BCUT2D eigenvalue weighted by atomic mass is 127. The van der Waals surface area contributed by atoms with Crippen LogP contribution in [0.25, 0.3) is 0 Å². The first-order valence-electron chi connectivity index (χ1n) is 19.6. The van der Waals surface area contributed by atoms with Crippen molar-refractivity contribution >= 4 is 34.4 Å². The van der Waals surface area contributed by atoms with Crippen molar-refractivity contribution in [3.05, 3.63) is 127 Å². The number of carbonyl (C=O) groups excluding carboxylic acids is 2. The molecule has 2 amide bonds. The Balaban J connectivity index is 0.000000224. The zero-order chi connectivity index (χ0) is 42.6. The molecule has 0 aromatic heterocycles. The number of benzene rings is 4. The summed E-state index contributed by atoms with van der Waals surface area (Å²) >= 11 is 2.24. The molecular formula is C44H51F4IN4O6. The van der Waals surface area contributed by atoms with E-state index in [1.54, 1.807) is 0 Å². The Morgan fingerprint density at radius 2 is 1.08 bits per heavy atom. The smallest absolute Gasteiger partial charge is 0.217 e. The van der Waals surface area contributed by atoms with Gasteiger partial charge in [0.15, 0.2) is 0 Å². The van der Waals surface area contributed by atoms with Crippen molar-refractivity contribution in [2.24, 2.45) is 0 Å². The molecule has 6 atom stereocenters. The van der Waals surface area contributed by atoms with Gasteiger partial charge in [0, 0.05) is 78.7 Å². The van der Waals surface area contributed by atoms with E-state index in [0.717, 1.165) is 57.6 Å². The van der Waals surface area contributed by atoms with Crippen LogP contribution >= 0.6 is 22.6 Å². The number of carbonyl (C=O) groups is 2. The maximum absolute atomic E-state index is 13.5. The zero-order valence-electron chi connectivity index (χ0n) is 33.2. The van der Waals surface area contributed by atoms with Gasteiger partial charge in [-0.1, -0.05) is 19.1 Å². The number of aryl methyl sites for hydroxylation is 1. The number of ether oxygens (including phenoxy) is 2. The van der Waals surface area contributed by atoms with Crippen molar-refractivity contribution in [2.45, 2.75) is 89.3 Å². The van der Waals surface area contributed by atoms with E-state index in [1.807, 2.05) is 30.3 Å². The number of halogens is 5. The fourth-order valence-corrected chi connectivity index (χ4v) is 7.83. The maximum Gasteiger partial charge on any atom is 0.217 e. The van der Waals surface area contributed by atoms with Gasteiger partial charge in [0.25, 0.3) is 0 Å². The predicted molar refractivity (Wildman–Crippen MR) is 224 cm³/mol. The standard InChI is InChI=1S/C23H28F2N2O3.C21H23F2IN2O3/c1-3-15-4-5-23-19(10-15)20(6-7-30-23)26-13-22(29)21(27-14(2)28)11-16-8-17(24)12-18(25)9-16;1-12(27)26-19(8-13-6-14(22)9-15(23)7-13)20(28)11-25-18-4-5-29-21-3-2-16(24)10-17(18)21/h4-5,8-10,12,20-22,26,29H,3,6-7,11,13H2,1-2H3,(H,27,28);2-3,6-7,9-10,18-20,25,28H,4-5,8,11H2,1H3,(H,26,27)/t20?,21-,22+;18?,19-,20+/m00/s1. The summed E-state index contributed by atoms with van der Waals surface area (Å²) in [5.41, 5.74) is 4.02. The van der Waals surface area contributed by atoms with Crippen LogP contribution in [0.4, 0.5) is 17.6 Å². The lowest BCUT2D eigenvalue weighted by molar-refractivity contribution is -0.121. The average Bonchev–Trinajstić information content (AvgIpc) is 3.17. The first-order chi connectivity index (χ1) is 28.2. The van der Waals surface area contributed by atoms with Crippen LogP contribution in [0.3, 0.4) is 0 Å². The van der Waals surface area contributed by atoms with Gasteiger partial charge in [-0.05, 0) is 107 Å². The Kier molecular flexibility index (Phi) is 16.9. The highest BCUT2D eigenvalue weighted by Crippen LogP contribution is 2.34. The minimum absolute atomic E-state index is 0.00714. The van der Waals surface area contributed by atoms with E-state index in [1.165, 1.54) is 43.7 Å². The number of aliphatic hydroxyl groups excluding tert-OH is 2. The van der Waals surface area contributed by atoms with Crippen LogP contribution in [-0.2, 0) is 28.9 Å². The normalized spacial score (nSPS) is 17.7. The number of aliphatic hydroxyl groups is 2. The maximum atomic E-state index is 13.5. The Morgan fingerprint density at radius 1 is 0.661 bits per heavy atom. The van der Waals surface area contributed by atoms with E-state index in [-0.39, 0.29) is 49.8 Å². The van der Waals surface area contributed by atoms with Crippen LogP contribution in [0.2, 0.25) is 0 Å². The number of nitrogens with one attached hydrogen (secondary N) is 4. The van der Waals surface area contributed by atoms with Gasteiger partial charge in [-0.15, -0.1) is 0 Å². The summed E-state index contributed by atoms with van der Waals surface area (Å²) in [7, 11) is 0. The number of rotatable bonds is 15. The van der Waals surface area contributed by atoms with Crippen LogP contribution < -0.4 is 30.7 Å². The van der Waals surface area contributed by atoms with Gasteiger partial charge < -0.3 is 41.0 Å². The summed E-state index contributed by atoms with van der Waals surface area (Å²) in [5.74, 6) is -1.76. The van der Waals surface area contributed by atoms with E-state index in [4.69, 9.17) is 9.47 Å². The molecule has 2 aliphatic rings. The highest BCUT2D eigenvalue weighted by Gasteiger charge is 2.28. The van der Waals surface area contributed by atoms with Gasteiger partial charge in [0.1, 0.15) is 34.8 Å². The lowest BCUT2D eigenvalue weighted by Gasteiger charge is -2.30. The molecule has 0 saturated heterocycles. The summed E-state index contributed by atoms with van der Waals surface area (Å²) in [4.78, 5) is 23.2. The van der Waals surface area contributed by atoms with Crippen LogP contribution in [0, 0.1) is 26.8 Å². The third-order valence-electron chi connectivity index (χ3n) is 10.1. The second-order valence-electron chi connectivity index (χ2n) is 14.8. The molecule has 2 heterocycles. The monoisotopic (exact) mass is 934 g/mol. The molecule has 10 nitrogen and oxygen atoms in total. The second-order valence-corrected chi connectivity index (χ2v) is 16.1. The lowest BCUT2D eigenvalue weighted by Crippen LogP contribution is -2.48. The van der Waals surface area contributed by atoms with Gasteiger partial charge >= 0.3 is 0 Å². The van der Waals surface area contributed by atoms with Crippen molar-refractivity contribution in [1.29, 1.82) is 0 Å². The van der Waals surface area contributed by atoms with E-state index in [0.29, 0.717) is 24.3 Å². The largest absolute Gasteiger partial charge is 0.493 e. The molecule has 59 heavy (non-hydrogen) atoms. The molecule has 0 fully saturated rings. The molecule has 2 aliphatic heterocycles. The Hall–Kier alpha value is -4.29. The molecule has 4 aromatic carbocycles. The van der Waals surface area contributed by atoms with Crippen LogP contribution in [-0.4, -0.2) is 72.6 Å². The highest BCUT2D eigenvalue weighted by molar-refractivity contribution is 14.1. The fourth-order valence-electron chi connectivity index (χ4n) is 7.32. The fraction of sp³-hybridized carbons (Fsp3) is 0.409. The summed E-state index contributed by atoms with van der Waals surface area (Å²) in [6.45, 7) is 6.34. The van der Waals surface area contributed by atoms with Crippen LogP contribution in [0.15, 0.2) is 72.8 Å². The summed E-state index contributed by atoms with van der Waals surface area (Å²) in [6.07, 6.45) is 0.755. The van der Waals surface area contributed by atoms with E-state index >= 15 is 0 Å². The molecule has 2 unspecified atom stereocenters. The van der Waals surface area contributed by atoms with Crippen molar-refractivity contribution in [1.82, 2.24) is 21.3 Å². The molecule has 6 rings (SSSR count). The molecule has 15 heteroatoms. The first kappa shape index (κ1) is 45.8. The molecule has 0 saturated carbocycles. The first-order valence-corrected chi connectivity index (χ1v) is 20.7. The van der Waals surface area contributed by atoms with Gasteiger partial charge in [-0.3, -0.25) is 9.59 Å². The SMILES string of the molecule is CC(=O)N[C@@H](Cc1cc(F)cc(F)c1)[C@H](O)CNC1CCOc2ccc(I)cc21.CCc1ccc2c(c1)C(NC[C@@H](O)[C@H](Cc1cc(F)cc(F)c1)NC(C)=O)CCO2. The minimum atomic E-state index is -0.945. The van der Waals surface area contributed by atoms with E-state index in [2.05, 4.69) is 56.8 Å². The second kappa shape index (κ2) is 21.8. The molecule has 0 aliphatic carbocycles. The summed E-state index contributed by atoms with van der Waals surface area (Å²) in [5, 5.41) is 33.5. The summed E-state index contributed by atoms with van der Waals surface area (Å²) in [6, 6.07) is 17.1. The Labute approximate surface area is 355 Å². The lowest BCUT2D eigenvalue weighted by atomic mass is 9.96. The molecule has 0 radical (unpaired) electrons. The molecular weight excluding hydrogens is 883 g/mol. The Bertz CT molecular complexity index is 2020. The molecule has 0 bridgehead atoms. The number of hydrogen-bond acceptors (Lipinski definition) is 8. The van der Waals surface area contributed by atoms with Gasteiger partial charge in [-0.2, -0.15) is 0 Å². The zero-order valence-corrected chi connectivity index (χ0v) is 35.3. The third kappa shape index (κ3) is 13.9. The van der Waals surface area contributed by atoms with Crippen molar-refractivity contribution in [3.63, 3.8) is 0 Å². The van der Waals surface area contributed by atoms with E-state index in [9.17, 15) is 37.4 Å². The Morgan fingerprint density at radius 3 is 1.51 bits per heavy atom. The molecule has 0 spiro atoms.